The van der Waals surface area contributed by atoms with Crippen molar-refractivity contribution in [3.63, 3.8) is 0 Å². The molecule has 3 heterocycles. The number of carbonyl (C=O) groups excluding carboxylic acids is 2. The van der Waals surface area contributed by atoms with Crippen molar-refractivity contribution in [2.75, 3.05) is 11.9 Å². The Morgan fingerprint density at radius 1 is 1.19 bits per heavy atom. The van der Waals surface area contributed by atoms with Crippen molar-refractivity contribution in [1.82, 2.24) is 19.7 Å². The van der Waals surface area contributed by atoms with E-state index in [9.17, 15) is 9.59 Å². The smallest absolute Gasteiger partial charge is 0.237 e. The normalized spacial score (nSPS) is 19.8. The van der Waals surface area contributed by atoms with Crippen LogP contribution in [0.15, 0.2) is 48.1 Å². The van der Waals surface area contributed by atoms with E-state index in [1.54, 1.807) is 10.9 Å². The van der Waals surface area contributed by atoms with E-state index >= 15 is 0 Å². The lowest BCUT2D eigenvalue weighted by Gasteiger charge is -2.38. The molecule has 1 N–H and O–H groups in total. The van der Waals surface area contributed by atoms with Gasteiger partial charge in [-0.05, 0) is 18.4 Å². The van der Waals surface area contributed by atoms with E-state index in [2.05, 4.69) is 27.5 Å². The summed E-state index contributed by atoms with van der Waals surface area (Å²) >= 11 is 1.38. The van der Waals surface area contributed by atoms with Gasteiger partial charge in [-0.1, -0.05) is 43.2 Å². The third-order valence-corrected chi connectivity index (χ3v) is 7.18. The lowest BCUT2D eigenvalue weighted by atomic mass is 9.77. The zero-order valence-corrected chi connectivity index (χ0v) is 18.3. The highest BCUT2D eigenvalue weighted by Crippen LogP contribution is 2.44. The molecule has 2 aliphatic rings. The number of hydrogen-bond acceptors (Lipinski definition) is 5. The predicted octanol–water partition coefficient (Wildman–Crippen LogP) is 3.45. The Labute approximate surface area is 185 Å². The molecule has 1 atom stereocenters. The van der Waals surface area contributed by atoms with Crippen LogP contribution in [0.5, 0.6) is 0 Å². The molecule has 7 nitrogen and oxygen atoms in total. The van der Waals surface area contributed by atoms with Gasteiger partial charge < -0.3 is 10.2 Å². The maximum absolute atomic E-state index is 14.0. The minimum absolute atomic E-state index is 0.123. The van der Waals surface area contributed by atoms with Crippen molar-refractivity contribution in [2.45, 2.75) is 43.6 Å². The number of benzene rings is 1. The van der Waals surface area contributed by atoms with Gasteiger partial charge in [0.25, 0.3) is 0 Å². The molecule has 31 heavy (non-hydrogen) atoms. The largest absolute Gasteiger partial charge is 0.336 e. The van der Waals surface area contributed by atoms with E-state index in [1.165, 1.54) is 11.3 Å². The van der Waals surface area contributed by atoms with Gasteiger partial charge in [-0.25, -0.2) is 4.98 Å². The first kappa shape index (κ1) is 19.9. The van der Waals surface area contributed by atoms with Gasteiger partial charge in [0.2, 0.25) is 11.8 Å². The van der Waals surface area contributed by atoms with Gasteiger partial charge in [-0.15, -0.1) is 11.3 Å². The Morgan fingerprint density at radius 2 is 1.97 bits per heavy atom. The first-order chi connectivity index (χ1) is 15.1. The van der Waals surface area contributed by atoms with Crippen LogP contribution in [0.1, 0.15) is 48.4 Å². The number of thiazole rings is 1. The Kier molecular flexibility index (Phi) is 5.09. The zero-order valence-electron chi connectivity index (χ0n) is 17.5. The summed E-state index contributed by atoms with van der Waals surface area (Å²) in [4.78, 5) is 33.2. The lowest BCUT2D eigenvalue weighted by Crippen LogP contribution is -2.49. The molecule has 1 fully saturated rings. The highest BCUT2D eigenvalue weighted by molar-refractivity contribution is 7.13. The summed E-state index contributed by atoms with van der Waals surface area (Å²) in [7, 11) is 1.85. The summed E-state index contributed by atoms with van der Waals surface area (Å²) < 4.78 is 1.73. The van der Waals surface area contributed by atoms with Gasteiger partial charge in [-0.3, -0.25) is 14.3 Å². The molecule has 0 radical (unpaired) electrons. The minimum Gasteiger partial charge on any atom is -0.336 e. The predicted molar refractivity (Wildman–Crippen MR) is 119 cm³/mol. The van der Waals surface area contributed by atoms with Gasteiger partial charge in [0, 0.05) is 43.5 Å². The molecule has 8 heteroatoms. The molecule has 2 amide bonds. The van der Waals surface area contributed by atoms with E-state index in [0.29, 0.717) is 18.2 Å². The highest BCUT2D eigenvalue weighted by Gasteiger charge is 2.47. The topological polar surface area (TPSA) is 80.1 Å². The van der Waals surface area contributed by atoms with Crippen molar-refractivity contribution in [2.24, 2.45) is 7.05 Å². The van der Waals surface area contributed by atoms with Crippen LogP contribution < -0.4 is 5.32 Å². The van der Waals surface area contributed by atoms with Gasteiger partial charge >= 0.3 is 0 Å². The number of hydrogen-bond donors (Lipinski definition) is 1. The second-order valence-corrected chi connectivity index (χ2v) is 9.33. The van der Waals surface area contributed by atoms with Crippen molar-refractivity contribution in [1.29, 1.82) is 0 Å². The standard InChI is InChI=1S/C23H25N5O2S/c1-27-13-16-14-28(15-18(19(16)26-27)20(29)25-22-24-11-12-31-22)21(30)23(9-5-6-10-23)17-7-3-2-4-8-17/h2-4,7-8,11-13,18H,5-6,9-10,14-15H2,1H3,(H,24,25,29)/t18-/m0/s1. The van der Waals surface area contributed by atoms with Crippen LogP contribution >= 0.6 is 11.3 Å². The summed E-state index contributed by atoms with van der Waals surface area (Å²) in [6.07, 6.45) is 7.36. The Balaban J connectivity index is 1.47. The van der Waals surface area contributed by atoms with Crippen LogP contribution in [0, 0.1) is 0 Å². The summed E-state index contributed by atoms with van der Waals surface area (Å²) in [6, 6.07) is 10.1. The third kappa shape index (κ3) is 3.54. The molecular weight excluding hydrogens is 410 g/mol. The Morgan fingerprint density at radius 3 is 2.68 bits per heavy atom. The second kappa shape index (κ2) is 7.92. The average Bonchev–Trinajstić information content (AvgIpc) is 3.54. The van der Waals surface area contributed by atoms with Crippen molar-refractivity contribution >= 4 is 28.3 Å². The fourth-order valence-electron chi connectivity index (χ4n) is 5.05. The quantitative estimate of drug-likeness (QED) is 0.681. The monoisotopic (exact) mass is 435 g/mol. The van der Waals surface area contributed by atoms with Crippen LogP contribution in [0.3, 0.4) is 0 Å². The van der Waals surface area contributed by atoms with Crippen LogP contribution in [0.4, 0.5) is 5.13 Å². The summed E-state index contributed by atoms with van der Waals surface area (Å²) in [5.41, 5.74) is 2.26. The van der Waals surface area contributed by atoms with Crippen molar-refractivity contribution < 1.29 is 9.59 Å². The fraction of sp³-hybridized carbons (Fsp3) is 0.391. The van der Waals surface area contributed by atoms with Gasteiger partial charge in [0.1, 0.15) is 5.92 Å². The number of rotatable bonds is 4. The van der Waals surface area contributed by atoms with Gasteiger partial charge in [0.15, 0.2) is 5.13 Å². The number of fused-ring (bicyclic) bond motifs is 1. The molecule has 1 aromatic carbocycles. The third-order valence-electron chi connectivity index (χ3n) is 6.49. The Bertz CT molecular complexity index is 1090. The molecule has 1 saturated carbocycles. The summed E-state index contributed by atoms with van der Waals surface area (Å²) in [6.45, 7) is 0.812. The lowest BCUT2D eigenvalue weighted by molar-refractivity contribution is -0.139. The molecule has 2 aromatic heterocycles. The highest BCUT2D eigenvalue weighted by atomic mass is 32.1. The van der Waals surface area contributed by atoms with Crippen LogP contribution in [-0.2, 0) is 28.6 Å². The number of aromatic nitrogens is 3. The molecule has 1 aliphatic heterocycles. The maximum Gasteiger partial charge on any atom is 0.237 e. The SMILES string of the molecule is Cn1cc2c(n1)[C@@H](C(=O)Nc1nccs1)CN(C(=O)C1(c3ccccc3)CCCC1)C2. The van der Waals surface area contributed by atoms with E-state index in [4.69, 9.17) is 0 Å². The second-order valence-electron chi connectivity index (χ2n) is 8.43. The molecule has 0 spiro atoms. The number of nitrogens with one attached hydrogen (secondary N) is 1. The zero-order chi connectivity index (χ0) is 21.4. The number of carbonyl (C=O) groups is 2. The summed E-state index contributed by atoms with van der Waals surface area (Å²) in [5.74, 6) is -0.572. The molecule has 1 aliphatic carbocycles. The van der Waals surface area contributed by atoms with E-state index < -0.39 is 11.3 Å². The van der Waals surface area contributed by atoms with E-state index in [0.717, 1.165) is 42.5 Å². The van der Waals surface area contributed by atoms with E-state index in [1.807, 2.05) is 41.7 Å². The molecule has 160 valence electrons. The molecule has 3 aromatic rings. The van der Waals surface area contributed by atoms with Crippen LogP contribution in [0.2, 0.25) is 0 Å². The minimum atomic E-state index is -0.521. The number of anilines is 1. The van der Waals surface area contributed by atoms with Crippen molar-refractivity contribution in [3.8, 4) is 0 Å². The Hall–Kier alpha value is -3.00. The van der Waals surface area contributed by atoms with E-state index in [-0.39, 0.29) is 11.8 Å². The first-order valence-corrected chi connectivity index (χ1v) is 11.5. The van der Waals surface area contributed by atoms with Crippen molar-refractivity contribution in [3.05, 3.63) is 64.9 Å². The van der Waals surface area contributed by atoms with Crippen LogP contribution in [-0.4, -0.2) is 38.0 Å². The number of aryl methyl sites for hydroxylation is 1. The number of nitrogens with zero attached hydrogens (tertiary/aromatic N) is 4. The summed E-state index contributed by atoms with van der Waals surface area (Å²) in [5, 5.41) is 9.82. The molecule has 0 saturated heterocycles. The molecule has 5 rings (SSSR count). The molecule has 0 unspecified atom stereocenters. The fourth-order valence-corrected chi connectivity index (χ4v) is 5.58. The average molecular weight is 436 g/mol. The first-order valence-electron chi connectivity index (χ1n) is 10.6. The van der Waals surface area contributed by atoms with Gasteiger partial charge in [-0.2, -0.15) is 5.10 Å². The molecule has 0 bridgehead atoms. The maximum atomic E-state index is 14.0. The molecular formula is C23H25N5O2S. The van der Waals surface area contributed by atoms with Crippen LogP contribution in [0.25, 0.3) is 0 Å². The number of amides is 2. The van der Waals surface area contributed by atoms with Gasteiger partial charge in [0.05, 0.1) is 11.1 Å².